The van der Waals surface area contributed by atoms with Crippen LogP contribution < -0.4 is 5.32 Å². The highest BCUT2D eigenvalue weighted by Gasteiger charge is 2.34. The smallest absolute Gasteiger partial charge is 0.195 e. The van der Waals surface area contributed by atoms with Gasteiger partial charge in [-0.1, -0.05) is 0 Å². The van der Waals surface area contributed by atoms with Crippen LogP contribution in [0.2, 0.25) is 0 Å². The van der Waals surface area contributed by atoms with E-state index in [0.29, 0.717) is 29.1 Å². The molecule has 0 unspecified atom stereocenters. The number of fused-ring (bicyclic) bond motifs is 1. The lowest BCUT2D eigenvalue weighted by molar-refractivity contribution is 0.310. The van der Waals surface area contributed by atoms with Crippen LogP contribution in [0.4, 0.5) is 5.69 Å². The van der Waals surface area contributed by atoms with E-state index in [-0.39, 0.29) is 26.9 Å². The van der Waals surface area contributed by atoms with E-state index in [2.05, 4.69) is 25.3 Å². The number of thiazole rings is 1. The summed E-state index contributed by atoms with van der Waals surface area (Å²) < 4.78 is 49.6. The zero-order chi connectivity index (χ0) is 24.1. The van der Waals surface area contributed by atoms with Crippen LogP contribution in [0.25, 0.3) is 21.6 Å². The Hall–Kier alpha value is -2.83. The van der Waals surface area contributed by atoms with E-state index in [1.807, 2.05) is 13.0 Å². The molecule has 0 saturated heterocycles. The number of aryl methyl sites for hydroxylation is 1. The molecule has 178 valence electrons. The quantitative estimate of drug-likeness (QED) is 0.381. The molecule has 1 aliphatic rings. The molecule has 34 heavy (non-hydrogen) atoms. The molecule has 1 aliphatic carbocycles. The summed E-state index contributed by atoms with van der Waals surface area (Å²) in [5.41, 5.74) is 3.10. The molecule has 5 rings (SSSR count). The summed E-state index contributed by atoms with van der Waals surface area (Å²) >= 11 is 1.10. The molecule has 9 nitrogen and oxygen atoms in total. The van der Waals surface area contributed by atoms with E-state index < -0.39 is 19.7 Å². The second kappa shape index (κ2) is 8.43. The summed E-state index contributed by atoms with van der Waals surface area (Å²) in [6, 6.07) is 5.37. The summed E-state index contributed by atoms with van der Waals surface area (Å²) in [6.45, 7) is 1.85. The minimum atomic E-state index is -3.45. The van der Waals surface area contributed by atoms with E-state index >= 15 is 0 Å². The van der Waals surface area contributed by atoms with Crippen LogP contribution in [0.5, 0.6) is 0 Å². The molecule has 4 aromatic rings. The average Bonchev–Trinajstić information content (AvgIpc) is 3.42. The van der Waals surface area contributed by atoms with E-state index in [1.54, 1.807) is 24.5 Å². The fourth-order valence-corrected chi connectivity index (χ4v) is 7.55. The van der Waals surface area contributed by atoms with Gasteiger partial charge in [0, 0.05) is 36.3 Å². The Morgan fingerprint density at radius 3 is 2.62 bits per heavy atom. The third-order valence-corrected chi connectivity index (χ3v) is 10.5. The van der Waals surface area contributed by atoms with E-state index in [9.17, 15) is 16.8 Å². The molecule has 0 spiro atoms. The molecule has 0 radical (unpaired) electrons. The van der Waals surface area contributed by atoms with Gasteiger partial charge in [0.25, 0.3) is 0 Å². The lowest BCUT2D eigenvalue weighted by Gasteiger charge is -2.36. The normalized spacial score (nSPS) is 18.6. The predicted octanol–water partition coefficient (Wildman–Crippen LogP) is 3.46. The molecule has 4 heterocycles. The van der Waals surface area contributed by atoms with E-state index in [0.717, 1.165) is 34.2 Å². The SMILES string of the molecule is Cc1ccnc(S(=O)(=O)CC2CC(Nc3c(-c4ncc(S(C)(=O)=O)s4)cnc4[nH]ccc34)C2)c1. The van der Waals surface area contributed by atoms with Crippen LogP contribution in [0, 0.1) is 12.8 Å². The fraction of sp³-hybridized carbons (Fsp3) is 0.318. The van der Waals surface area contributed by atoms with Gasteiger partial charge in [0.2, 0.25) is 0 Å². The summed E-state index contributed by atoms with van der Waals surface area (Å²) in [4.78, 5) is 15.9. The van der Waals surface area contributed by atoms with Crippen LogP contribution >= 0.6 is 11.3 Å². The molecule has 12 heteroatoms. The predicted molar refractivity (Wildman–Crippen MR) is 131 cm³/mol. The standard InChI is InChI=1S/C22H23N5O4S3/c1-13-3-5-23-18(7-13)34(30,31)12-14-8-15(9-14)27-20-16-4-6-24-21(16)25-10-17(20)22-26-11-19(32-22)33(2,28)29/h3-7,10-11,14-15H,8-9,12H2,1-2H3,(H2,24,25,27). The first kappa shape index (κ1) is 22.9. The van der Waals surface area contributed by atoms with Crippen molar-refractivity contribution in [1.29, 1.82) is 0 Å². The van der Waals surface area contributed by atoms with Crippen LogP contribution in [0.1, 0.15) is 18.4 Å². The van der Waals surface area contributed by atoms with Crippen molar-refractivity contribution >= 4 is 47.7 Å². The summed E-state index contributed by atoms with van der Waals surface area (Å²) in [7, 11) is -6.80. The zero-order valence-corrected chi connectivity index (χ0v) is 21.0. The number of rotatable bonds is 7. The molecule has 0 aromatic carbocycles. The maximum absolute atomic E-state index is 12.8. The molecule has 1 saturated carbocycles. The molecule has 4 aromatic heterocycles. The molecule has 1 fully saturated rings. The number of aromatic amines is 1. The minimum absolute atomic E-state index is 0.0357. The second-order valence-corrected chi connectivity index (χ2v) is 13.9. The third-order valence-electron chi connectivity index (χ3n) is 5.92. The maximum atomic E-state index is 12.8. The first-order chi connectivity index (χ1) is 16.1. The zero-order valence-electron chi connectivity index (χ0n) is 18.5. The van der Waals surface area contributed by atoms with Crippen molar-refractivity contribution < 1.29 is 16.8 Å². The van der Waals surface area contributed by atoms with Gasteiger partial charge in [-0.3, -0.25) is 0 Å². The highest BCUT2D eigenvalue weighted by atomic mass is 32.2. The molecule has 0 amide bonds. The van der Waals surface area contributed by atoms with Gasteiger partial charge in [-0.25, -0.2) is 31.8 Å². The lowest BCUT2D eigenvalue weighted by Crippen LogP contribution is -2.39. The van der Waals surface area contributed by atoms with Crippen LogP contribution in [0.3, 0.4) is 0 Å². The number of pyridine rings is 2. The molecule has 0 atom stereocenters. The molecule has 2 N–H and O–H groups in total. The topological polar surface area (TPSA) is 135 Å². The van der Waals surface area contributed by atoms with Gasteiger partial charge in [0.1, 0.15) is 14.9 Å². The lowest BCUT2D eigenvalue weighted by atomic mass is 9.81. The van der Waals surface area contributed by atoms with Gasteiger partial charge in [-0.15, -0.1) is 11.3 Å². The Bertz CT molecular complexity index is 1590. The molecule has 0 bridgehead atoms. The number of H-pyrrole nitrogens is 1. The van der Waals surface area contributed by atoms with Crippen molar-refractivity contribution in [3.8, 4) is 10.6 Å². The van der Waals surface area contributed by atoms with Crippen molar-refractivity contribution in [2.45, 2.75) is 35.0 Å². The monoisotopic (exact) mass is 517 g/mol. The Balaban J connectivity index is 1.35. The minimum Gasteiger partial charge on any atom is -0.381 e. The molecular formula is C22H23N5O4S3. The third kappa shape index (κ3) is 4.44. The second-order valence-electron chi connectivity index (χ2n) is 8.67. The Kier molecular flexibility index (Phi) is 5.69. The van der Waals surface area contributed by atoms with Crippen molar-refractivity contribution in [3.05, 3.63) is 48.5 Å². The molecule has 0 aliphatic heterocycles. The highest BCUT2D eigenvalue weighted by Crippen LogP contribution is 2.40. The van der Waals surface area contributed by atoms with Gasteiger partial charge in [-0.2, -0.15) is 0 Å². The summed E-state index contributed by atoms with van der Waals surface area (Å²) in [5.74, 6) is 0.0998. The Morgan fingerprint density at radius 2 is 1.91 bits per heavy atom. The fourth-order valence-electron chi connectivity index (χ4n) is 4.15. The number of nitrogens with zero attached hydrogens (tertiary/aromatic N) is 3. The molecular weight excluding hydrogens is 494 g/mol. The van der Waals surface area contributed by atoms with Gasteiger partial charge in [-0.05, 0) is 49.4 Å². The number of hydrogen-bond acceptors (Lipinski definition) is 9. The van der Waals surface area contributed by atoms with Gasteiger partial charge < -0.3 is 10.3 Å². The van der Waals surface area contributed by atoms with Gasteiger partial charge >= 0.3 is 0 Å². The number of nitrogens with one attached hydrogen (secondary N) is 2. The van der Waals surface area contributed by atoms with Crippen molar-refractivity contribution in [2.24, 2.45) is 5.92 Å². The highest BCUT2D eigenvalue weighted by molar-refractivity contribution is 7.92. The first-order valence-electron chi connectivity index (χ1n) is 10.6. The van der Waals surface area contributed by atoms with Crippen LogP contribution in [-0.2, 0) is 19.7 Å². The van der Waals surface area contributed by atoms with Crippen molar-refractivity contribution in [2.75, 3.05) is 17.3 Å². The largest absolute Gasteiger partial charge is 0.381 e. The van der Waals surface area contributed by atoms with E-state index in [4.69, 9.17) is 0 Å². The Morgan fingerprint density at radius 1 is 1.12 bits per heavy atom. The number of sulfone groups is 2. The van der Waals surface area contributed by atoms with Gasteiger partial charge in [0.15, 0.2) is 24.7 Å². The van der Waals surface area contributed by atoms with E-state index in [1.165, 1.54) is 12.4 Å². The average molecular weight is 518 g/mol. The van der Waals surface area contributed by atoms with Crippen molar-refractivity contribution in [1.82, 2.24) is 19.9 Å². The maximum Gasteiger partial charge on any atom is 0.195 e. The van der Waals surface area contributed by atoms with Crippen LogP contribution in [-0.4, -0.2) is 54.8 Å². The first-order valence-corrected chi connectivity index (χ1v) is 15.0. The summed E-state index contributed by atoms with van der Waals surface area (Å²) in [6.07, 6.45) is 8.91. The summed E-state index contributed by atoms with van der Waals surface area (Å²) in [5, 5.41) is 5.09. The number of anilines is 1. The van der Waals surface area contributed by atoms with Crippen LogP contribution in [0.15, 0.2) is 52.2 Å². The van der Waals surface area contributed by atoms with Crippen molar-refractivity contribution in [3.63, 3.8) is 0 Å². The Labute approximate surface area is 201 Å². The number of aromatic nitrogens is 4. The van der Waals surface area contributed by atoms with Gasteiger partial charge in [0.05, 0.1) is 23.2 Å². The number of hydrogen-bond donors (Lipinski definition) is 2.